The van der Waals surface area contributed by atoms with E-state index in [1.54, 1.807) is 11.3 Å². The summed E-state index contributed by atoms with van der Waals surface area (Å²) in [4.78, 5) is 4.88. The lowest BCUT2D eigenvalue weighted by Crippen LogP contribution is -2.58. The largest absolute Gasteiger partial charge is 0.344 e. The van der Waals surface area contributed by atoms with Gasteiger partial charge in [0.2, 0.25) is 5.13 Å². The molecule has 1 aromatic carbocycles. The Morgan fingerprint density at radius 1 is 1.29 bits per heavy atom. The van der Waals surface area contributed by atoms with Gasteiger partial charge < -0.3 is 4.90 Å². The molecule has 2 heterocycles. The summed E-state index contributed by atoms with van der Waals surface area (Å²) in [5.74, 6) is 0. The Hall–Kier alpha value is -1.24. The number of hydrogen-bond acceptors (Lipinski definition) is 5. The molecule has 0 amide bonds. The average molecular weight is 320 g/mol. The first-order chi connectivity index (χ1) is 10.0. The van der Waals surface area contributed by atoms with Gasteiger partial charge in [0, 0.05) is 31.7 Å². The van der Waals surface area contributed by atoms with Gasteiger partial charge in [-0.15, -0.1) is 5.10 Å². The number of nitrogens with zero attached hydrogens (tertiary/aromatic N) is 3. The maximum atomic E-state index is 5.13. The molecule has 0 spiro atoms. The van der Waals surface area contributed by atoms with Gasteiger partial charge in [-0.25, -0.2) is 0 Å². The molecular formula is C15H20N4S2. The second-order valence-electron chi connectivity index (χ2n) is 6.04. The molecule has 0 atom stereocenters. The Morgan fingerprint density at radius 2 is 2.05 bits per heavy atom. The minimum Gasteiger partial charge on any atom is -0.344 e. The number of rotatable bonds is 3. The monoisotopic (exact) mass is 320 g/mol. The van der Waals surface area contributed by atoms with Crippen molar-refractivity contribution in [2.24, 2.45) is 0 Å². The summed E-state index contributed by atoms with van der Waals surface area (Å²) < 4.78 is 0.745. The van der Waals surface area contributed by atoms with Crippen molar-refractivity contribution in [1.82, 2.24) is 15.1 Å². The van der Waals surface area contributed by atoms with E-state index in [-0.39, 0.29) is 5.54 Å². The van der Waals surface area contributed by atoms with Crippen LogP contribution in [0.1, 0.15) is 19.4 Å². The molecule has 1 N–H and O–H groups in total. The fraction of sp³-hybridized carbons (Fsp3) is 0.467. The number of H-pyrrole nitrogens is 1. The van der Waals surface area contributed by atoms with E-state index in [0.717, 1.165) is 35.3 Å². The minimum absolute atomic E-state index is 0.112. The van der Waals surface area contributed by atoms with Crippen LogP contribution < -0.4 is 4.90 Å². The third kappa shape index (κ3) is 3.33. The standard InChI is InChI=1S/C15H20N4S2/c1-15(2)11-18(13-16-17-14(20)21-13)8-9-19(15)10-12-6-4-3-5-7-12/h3-7H,8-11H2,1-2H3,(H,17,20). The fourth-order valence-corrected chi connectivity index (χ4v) is 3.71. The quantitative estimate of drug-likeness (QED) is 0.880. The number of nitrogens with one attached hydrogen (secondary N) is 1. The Labute approximate surface area is 134 Å². The average Bonchev–Trinajstić information content (AvgIpc) is 2.89. The molecule has 0 bridgehead atoms. The molecule has 6 heteroatoms. The first-order valence-corrected chi connectivity index (χ1v) is 8.36. The highest BCUT2D eigenvalue weighted by Crippen LogP contribution is 2.28. The molecule has 1 saturated heterocycles. The lowest BCUT2D eigenvalue weighted by atomic mass is 9.98. The number of anilines is 1. The van der Waals surface area contributed by atoms with Crippen LogP contribution in [0.3, 0.4) is 0 Å². The number of hydrogen-bond donors (Lipinski definition) is 1. The zero-order valence-electron chi connectivity index (χ0n) is 12.4. The third-order valence-electron chi connectivity index (χ3n) is 3.99. The number of piperazine rings is 1. The van der Waals surface area contributed by atoms with Crippen molar-refractivity contribution in [1.29, 1.82) is 0 Å². The maximum Gasteiger partial charge on any atom is 0.207 e. The van der Waals surface area contributed by atoms with Crippen LogP contribution in [-0.2, 0) is 6.54 Å². The van der Waals surface area contributed by atoms with E-state index in [1.165, 1.54) is 5.56 Å². The summed E-state index contributed by atoms with van der Waals surface area (Å²) in [6.07, 6.45) is 0. The Balaban J connectivity index is 1.71. The summed E-state index contributed by atoms with van der Waals surface area (Å²) in [6, 6.07) is 10.7. The predicted octanol–water partition coefficient (Wildman–Crippen LogP) is 3.30. The van der Waals surface area contributed by atoms with Crippen molar-refractivity contribution in [3.63, 3.8) is 0 Å². The molecular weight excluding hydrogens is 300 g/mol. The molecule has 0 aliphatic carbocycles. The van der Waals surface area contributed by atoms with Crippen LogP contribution in [-0.4, -0.2) is 40.3 Å². The topological polar surface area (TPSA) is 35.2 Å². The van der Waals surface area contributed by atoms with Gasteiger partial charge >= 0.3 is 0 Å². The number of aromatic nitrogens is 2. The first-order valence-electron chi connectivity index (χ1n) is 7.14. The van der Waals surface area contributed by atoms with Crippen LogP contribution in [0.2, 0.25) is 0 Å². The molecule has 2 aromatic rings. The van der Waals surface area contributed by atoms with Crippen LogP contribution in [0.5, 0.6) is 0 Å². The van der Waals surface area contributed by atoms with E-state index in [1.807, 2.05) is 0 Å². The molecule has 1 aromatic heterocycles. The molecule has 0 unspecified atom stereocenters. The Bertz CT molecular complexity index is 647. The fourth-order valence-electron chi connectivity index (χ4n) is 2.81. The summed E-state index contributed by atoms with van der Waals surface area (Å²) in [5.41, 5.74) is 1.48. The lowest BCUT2D eigenvalue weighted by Gasteiger charge is -2.47. The predicted molar refractivity (Wildman–Crippen MR) is 90.4 cm³/mol. The Morgan fingerprint density at radius 3 is 2.67 bits per heavy atom. The molecule has 1 aliphatic heterocycles. The molecule has 112 valence electrons. The smallest absolute Gasteiger partial charge is 0.207 e. The van der Waals surface area contributed by atoms with Gasteiger partial charge in [-0.05, 0) is 31.6 Å². The third-order valence-corrected chi connectivity index (χ3v) is 5.14. The van der Waals surface area contributed by atoms with Crippen molar-refractivity contribution < 1.29 is 0 Å². The summed E-state index contributed by atoms with van der Waals surface area (Å²) in [5, 5.41) is 8.19. The molecule has 0 saturated carbocycles. The Kier molecular flexibility index (Phi) is 4.10. The van der Waals surface area contributed by atoms with Crippen LogP contribution in [0, 0.1) is 3.95 Å². The highest BCUT2D eigenvalue weighted by Gasteiger charge is 2.34. The van der Waals surface area contributed by atoms with Gasteiger partial charge in [0.15, 0.2) is 3.95 Å². The molecule has 4 nitrogen and oxygen atoms in total. The first kappa shape index (κ1) is 14.7. The van der Waals surface area contributed by atoms with E-state index in [2.05, 4.69) is 64.2 Å². The highest BCUT2D eigenvalue weighted by molar-refractivity contribution is 7.73. The highest BCUT2D eigenvalue weighted by atomic mass is 32.1. The second-order valence-corrected chi connectivity index (χ2v) is 7.68. The van der Waals surface area contributed by atoms with Crippen molar-refractivity contribution in [3.8, 4) is 0 Å². The molecule has 0 radical (unpaired) electrons. The van der Waals surface area contributed by atoms with E-state index in [0.29, 0.717) is 0 Å². The van der Waals surface area contributed by atoms with E-state index in [4.69, 9.17) is 12.2 Å². The van der Waals surface area contributed by atoms with E-state index in [9.17, 15) is 0 Å². The second kappa shape index (κ2) is 5.87. The van der Waals surface area contributed by atoms with Crippen LogP contribution in [0.15, 0.2) is 30.3 Å². The molecule has 21 heavy (non-hydrogen) atoms. The number of benzene rings is 1. The van der Waals surface area contributed by atoms with Gasteiger partial charge in [0.25, 0.3) is 0 Å². The van der Waals surface area contributed by atoms with Gasteiger partial charge in [0.1, 0.15) is 0 Å². The van der Waals surface area contributed by atoms with Crippen molar-refractivity contribution in [3.05, 3.63) is 39.8 Å². The zero-order valence-corrected chi connectivity index (χ0v) is 14.0. The van der Waals surface area contributed by atoms with Crippen molar-refractivity contribution in [2.45, 2.75) is 25.9 Å². The summed E-state index contributed by atoms with van der Waals surface area (Å²) in [6.45, 7) is 8.59. The van der Waals surface area contributed by atoms with E-state index < -0.39 is 0 Å². The van der Waals surface area contributed by atoms with Crippen LogP contribution >= 0.6 is 23.6 Å². The van der Waals surface area contributed by atoms with E-state index >= 15 is 0 Å². The molecule has 3 rings (SSSR count). The van der Waals surface area contributed by atoms with Gasteiger partial charge in [-0.1, -0.05) is 41.7 Å². The van der Waals surface area contributed by atoms with Crippen molar-refractivity contribution >= 4 is 28.7 Å². The lowest BCUT2D eigenvalue weighted by molar-refractivity contribution is 0.0962. The summed E-state index contributed by atoms with van der Waals surface area (Å²) >= 11 is 6.69. The zero-order chi connectivity index (χ0) is 14.9. The van der Waals surface area contributed by atoms with Gasteiger partial charge in [0.05, 0.1) is 0 Å². The van der Waals surface area contributed by atoms with Crippen LogP contribution in [0.25, 0.3) is 0 Å². The van der Waals surface area contributed by atoms with Crippen LogP contribution in [0.4, 0.5) is 5.13 Å². The molecule has 1 fully saturated rings. The summed E-state index contributed by atoms with van der Waals surface area (Å²) in [7, 11) is 0. The number of aromatic amines is 1. The van der Waals surface area contributed by atoms with Gasteiger partial charge in [-0.3, -0.25) is 10.00 Å². The normalized spacial score (nSPS) is 18.9. The maximum absolute atomic E-state index is 5.13. The minimum atomic E-state index is 0.112. The molecule has 1 aliphatic rings. The SMILES string of the molecule is CC1(C)CN(c2n[nH]c(=S)s2)CCN1Cc1ccccc1. The van der Waals surface area contributed by atoms with Crippen molar-refractivity contribution in [2.75, 3.05) is 24.5 Å². The van der Waals surface area contributed by atoms with Gasteiger partial charge in [-0.2, -0.15) is 0 Å².